The minimum absolute atomic E-state index is 0.899. The van der Waals surface area contributed by atoms with Crippen LogP contribution in [0.15, 0.2) is 59.3 Å². The molecule has 0 atom stereocenters. The Morgan fingerprint density at radius 1 is 1.05 bits per heavy atom. The smallest absolute Gasteiger partial charge is 0.243 e. The number of aryl methyl sites for hydroxylation is 1. The van der Waals surface area contributed by atoms with Gasteiger partial charge in [-0.25, -0.2) is 0 Å². The van der Waals surface area contributed by atoms with E-state index in [1.165, 1.54) is 0 Å². The van der Waals surface area contributed by atoms with Gasteiger partial charge >= 0.3 is 0 Å². The third-order valence-electron chi connectivity index (χ3n) is 3.35. The second kappa shape index (κ2) is 3.72. The van der Waals surface area contributed by atoms with Crippen LogP contribution in [0.5, 0.6) is 0 Å². The molecule has 4 rings (SSSR count). The molecule has 4 aromatic rings. The number of nitrogens with zero attached hydrogens (tertiary/aromatic N) is 2. The van der Waals surface area contributed by atoms with Crippen LogP contribution in [0, 0.1) is 6.33 Å². The van der Waals surface area contributed by atoms with Gasteiger partial charge in [-0.15, -0.1) is 0 Å². The Kier molecular flexibility index (Phi) is 2.03. The Hall–Kier alpha value is -2.55. The van der Waals surface area contributed by atoms with Crippen molar-refractivity contribution in [3.8, 4) is 5.69 Å². The van der Waals surface area contributed by atoms with Gasteiger partial charge < -0.3 is 13.6 Å². The van der Waals surface area contributed by atoms with Crippen molar-refractivity contribution < 1.29 is 8.98 Å². The lowest BCUT2D eigenvalue weighted by atomic mass is 10.1. The fraction of sp³-hybridized carbons (Fsp3) is 0.0625. The van der Waals surface area contributed by atoms with Gasteiger partial charge in [0, 0.05) is 23.2 Å². The van der Waals surface area contributed by atoms with E-state index in [9.17, 15) is 0 Å². The maximum atomic E-state index is 6.00. The highest BCUT2D eigenvalue weighted by atomic mass is 16.3. The monoisotopic (exact) mass is 248 g/mol. The summed E-state index contributed by atoms with van der Waals surface area (Å²) in [7, 11) is 1.95. The zero-order valence-corrected chi connectivity index (χ0v) is 10.5. The third kappa shape index (κ3) is 1.48. The van der Waals surface area contributed by atoms with E-state index in [1.807, 2.05) is 58.9 Å². The van der Waals surface area contributed by atoms with Crippen LogP contribution in [-0.2, 0) is 7.05 Å². The van der Waals surface area contributed by atoms with Gasteiger partial charge in [-0.3, -0.25) is 0 Å². The standard InChI is InChI=1S/C16H12N2O/c1-17-9-10-18(11-17)14-7-4-6-13-12-5-2-3-8-15(12)19-16(13)14/h2-10H,1H3. The molecule has 0 spiro atoms. The van der Waals surface area contributed by atoms with Crippen LogP contribution in [-0.4, -0.2) is 4.57 Å². The van der Waals surface area contributed by atoms with Crippen molar-refractivity contribution >= 4 is 21.9 Å². The quantitative estimate of drug-likeness (QED) is 0.375. The van der Waals surface area contributed by atoms with E-state index in [1.54, 1.807) is 0 Å². The van der Waals surface area contributed by atoms with Crippen LogP contribution in [0.3, 0.4) is 0 Å². The minimum atomic E-state index is 0.899. The molecule has 2 aromatic carbocycles. The van der Waals surface area contributed by atoms with Crippen molar-refractivity contribution in [2.45, 2.75) is 0 Å². The Morgan fingerprint density at radius 2 is 1.89 bits per heavy atom. The molecule has 0 saturated carbocycles. The first-order chi connectivity index (χ1) is 9.33. The van der Waals surface area contributed by atoms with E-state index in [4.69, 9.17) is 4.42 Å². The first kappa shape index (κ1) is 10.4. The Balaban J connectivity index is 2.12. The molecule has 0 N–H and O–H groups in total. The predicted octanol–water partition coefficient (Wildman–Crippen LogP) is 3.00. The van der Waals surface area contributed by atoms with E-state index >= 15 is 0 Å². The summed E-state index contributed by atoms with van der Waals surface area (Å²) >= 11 is 0. The highest BCUT2D eigenvalue weighted by molar-refractivity contribution is 6.06. The highest BCUT2D eigenvalue weighted by Gasteiger charge is 2.10. The number of para-hydroxylation sites is 2. The van der Waals surface area contributed by atoms with E-state index < -0.39 is 0 Å². The molecular weight excluding hydrogens is 236 g/mol. The third-order valence-corrected chi connectivity index (χ3v) is 3.35. The molecule has 0 saturated heterocycles. The molecule has 0 radical (unpaired) electrons. The minimum Gasteiger partial charge on any atom is -0.462 e. The number of aromatic nitrogens is 2. The van der Waals surface area contributed by atoms with Gasteiger partial charge in [0.05, 0.1) is 12.7 Å². The summed E-state index contributed by atoms with van der Waals surface area (Å²) in [6, 6.07) is 14.3. The molecule has 2 aromatic heterocycles. The van der Waals surface area contributed by atoms with E-state index in [2.05, 4.69) is 18.5 Å². The van der Waals surface area contributed by atoms with Crippen LogP contribution < -0.4 is 4.57 Å². The van der Waals surface area contributed by atoms with Crippen molar-refractivity contribution in [1.29, 1.82) is 0 Å². The number of hydrogen-bond acceptors (Lipinski definition) is 1. The van der Waals surface area contributed by atoms with Crippen LogP contribution in [0.2, 0.25) is 0 Å². The second-order valence-electron chi connectivity index (χ2n) is 4.63. The lowest BCUT2D eigenvalue weighted by molar-refractivity contribution is -0.598. The summed E-state index contributed by atoms with van der Waals surface area (Å²) in [5, 5.41) is 2.29. The Bertz CT molecular complexity index is 886. The summed E-state index contributed by atoms with van der Waals surface area (Å²) in [6.07, 6.45) is 7.14. The van der Waals surface area contributed by atoms with Crippen molar-refractivity contribution in [3.63, 3.8) is 0 Å². The molecule has 0 bridgehead atoms. The summed E-state index contributed by atoms with van der Waals surface area (Å²) in [4.78, 5) is 0. The lowest BCUT2D eigenvalue weighted by Gasteiger charge is -2.02. The Morgan fingerprint density at radius 3 is 2.74 bits per heavy atom. The van der Waals surface area contributed by atoms with Crippen LogP contribution >= 0.6 is 0 Å². The fourth-order valence-corrected chi connectivity index (χ4v) is 2.46. The van der Waals surface area contributed by atoms with Gasteiger partial charge in [0.25, 0.3) is 0 Å². The molecule has 0 aliphatic heterocycles. The molecule has 3 heteroatoms. The number of fused-ring (bicyclic) bond motifs is 3. The van der Waals surface area contributed by atoms with Crippen molar-refractivity contribution in [1.82, 2.24) is 4.57 Å². The van der Waals surface area contributed by atoms with Gasteiger partial charge in [0.2, 0.25) is 6.33 Å². The molecule has 19 heavy (non-hydrogen) atoms. The predicted molar refractivity (Wildman–Crippen MR) is 73.1 cm³/mol. The number of rotatable bonds is 1. The molecule has 92 valence electrons. The van der Waals surface area contributed by atoms with Crippen molar-refractivity contribution in [3.05, 3.63) is 61.2 Å². The molecule has 0 unspecified atom stereocenters. The molecule has 0 fully saturated rings. The van der Waals surface area contributed by atoms with Crippen molar-refractivity contribution in [2.24, 2.45) is 7.05 Å². The van der Waals surface area contributed by atoms with Gasteiger partial charge in [0.15, 0.2) is 0 Å². The van der Waals surface area contributed by atoms with E-state index in [-0.39, 0.29) is 0 Å². The van der Waals surface area contributed by atoms with Crippen molar-refractivity contribution in [2.75, 3.05) is 0 Å². The maximum absolute atomic E-state index is 6.00. The van der Waals surface area contributed by atoms with Gasteiger partial charge in [-0.2, -0.15) is 0 Å². The lowest BCUT2D eigenvalue weighted by Crippen LogP contribution is -2.28. The van der Waals surface area contributed by atoms with Gasteiger partial charge in [0.1, 0.15) is 11.2 Å². The molecular formula is C16H12N2O. The average Bonchev–Trinajstić information content (AvgIpc) is 3.02. The highest BCUT2D eigenvalue weighted by Crippen LogP contribution is 2.30. The molecule has 0 amide bonds. The summed E-state index contributed by atoms with van der Waals surface area (Å²) in [5.41, 5.74) is 2.83. The number of benzene rings is 2. The van der Waals surface area contributed by atoms with Crippen LogP contribution in [0.1, 0.15) is 0 Å². The SMILES string of the molecule is Cn1[c-][n+](-c2cccc3c2oc2ccccc23)cc1. The summed E-state index contributed by atoms with van der Waals surface area (Å²) in [5.74, 6) is 0. The first-order valence-corrected chi connectivity index (χ1v) is 6.20. The van der Waals surface area contributed by atoms with Gasteiger partial charge in [-0.05, 0) is 6.07 Å². The molecule has 0 aliphatic rings. The van der Waals surface area contributed by atoms with E-state index in [0.717, 1.165) is 27.6 Å². The molecule has 2 heterocycles. The topological polar surface area (TPSA) is 21.9 Å². The zero-order valence-electron chi connectivity index (χ0n) is 10.5. The largest absolute Gasteiger partial charge is 0.462 e. The Labute approximate surface area is 110 Å². The normalized spacial score (nSPS) is 11.4. The number of furan rings is 1. The van der Waals surface area contributed by atoms with E-state index in [0.29, 0.717) is 0 Å². The molecule has 0 aliphatic carbocycles. The first-order valence-electron chi connectivity index (χ1n) is 6.20. The fourth-order valence-electron chi connectivity index (χ4n) is 2.46. The zero-order chi connectivity index (χ0) is 12.8. The second-order valence-corrected chi connectivity index (χ2v) is 4.63. The number of imidazole rings is 1. The average molecular weight is 248 g/mol. The molecule has 3 nitrogen and oxygen atoms in total. The maximum Gasteiger partial charge on any atom is 0.243 e. The summed E-state index contributed by atoms with van der Waals surface area (Å²) < 4.78 is 9.84. The summed E-state index contributed by atoms with van der Waals surface area (Å²) in [6.45, 7) is 0. The van der Waals surface area contributed by atoms with Crippen LogP contribution in [0.4, 0.5) is 0 Å². The van der Waals surface area contributed by atoms with Crippen LogP contribution in [0.25, 0.3) is 27.6 Å². The van der Waals surface area contributed by atoms with Gasteiger partial charge in [-0.1, -0.05) is 36.4 Å². The number of hydrogen-bond donors (Lipinski definition) is 0.